The summed E-state index contributed by atoms with van der Waals surface area (Å²) < 4.78 is 4.99. The Kier molecular flexibility index (Phi) is 4.83. The number of aliphatic hydroxyl groups is 1. The van der Waals surface area contributed by atoms with Gasteiger partial charge in [-0.05, 0) is 27.1 Å². The number of hydrogen-bond acceptors (Lipinski definition) is 6. The molecular formula is C11H19N3O4. The quantitative estimate of drug-likeness (QED) is 0.548. The minimum atomic E-state index is -0.859. The van der Waals surface area contributed by atoms with E-state index < -0.39 is 10.5 Å². The summed E-state index contributed by atoms with van der Waals surface area (Å²) in [6.45, 7) is 2.97. The second-order valence-corrected chi connectivity index (χ2v) is 4.84. The van der Waals surface area contributed by atoms with Crippen molar-refractivity contribution in [3.05, 3.63) is 28.0 Å². The number of rotatable bonds is 7. The summed E-state index contributed by atoms with van der Waals surface area (Å²) in [4.78, 5) is 11.7. The molecule has 0 amide bonds. The minimum absolute atomic E-state index is 0.271. The molecule has 0 radical (unpaired) electrons. The Morgan fingerprint density at radius 1 is 1.56 bits per heavy atom. The van der Waals surface area contributed by atoms with Gasteiger partial charge in [-0.3, -0.25) is 10.1 Å². The van der Waals surface area contributed by atoms with E-state index in [1.54, 1.807) is 13.0 Å². The molecule has 1 aromatic rings. The molecule has 0 spiro atoms. The highest BCUT2D eigenvalue weighted by Gasteiger charge is 2.21. The van der Waals surface area contributed by atoms with Gasteiger partial charge in [0.05, 0.1) is 18.2 Å². The average molecular weight is 257 g/mol. The van der Waals surface area contributed by atoms with Gasteiger partial charge in [0.2, 0.25) is 0 Å². The molecule has 0 aliphatic carbocycles. The first-order chi connectivity index (χ1) is 8.30. The molecule has 0 aliphatic rings. The zero-order valence-electron chi connectivity index (χ0n) is 10.8. The number of likely N-dealkylation sites (N-methyl/N-ethyl adjacent to an activating group) is 1. The van der Waals surface area contributed by atoms with Crippen molar-refractivity contribution in [2.24, 2.45) is 0 Å². The van der Waals surface area contributed by atoms with Gasteiger partial charge in [0.1, 0.15) is 10.7 Å². The van der Waals surface area contributed by atoms with Crippen molar-refractivity contribution >= 4 is 5.88 Å². The monoisotopic (exact) mass is 257 g/mol. The lowest BCUT2D eigenvalue weighted by molar-refractivity contribution is -0.402. The first kappa shape index (κ1) is 14.6. The lowest BCUT2D eigenvalue weighted by atomic mass is 10.1. The van der Waals surface area contributed by atoms with Crippen molar-refractivity contribution in [1.82, 2.24) is 10.2 Å². The third-order valence-corrected chi connectivity index (χ3v) is 2.29. The summed E-state index contributed by atoms with van der Waals surface area (Å²) in [5.74, 6) is 0.203. The number of furan rings is 1. The summed E-state index contributed by atoms with van der Waals surface area (Å²) in [6.07, 6.45) is 0. The van der Waals surface area contributed by atoms with Crippen LogP contribution < -0.4 is 5.32 Å². The molecule has 102 valence electrons. The van der Waals surface area contributed by atoms with Gasteiger partial charge in [0.15, 0.2) is 0 Å². The summed E-state index contributed by atoms with van der Waals surface area (Å²) in [6, 6.07) is 2.86. The van der Waals surface area contributed by atoms with Crippen molar-refractivity contribution in [1.29, 1.82) is 0 Å². The highest BCUT2D eigenvalue weighted by Crippen LogP contribution is 2.15. The Labute approximate surface area is 106 Å². The van der Waals surface area contributed by atoms with Crippen molar-refractivity contribution < 1.29 is 14.4 Å². The zero-order valence-corrected chi connectivity index (χ0v) is 10.8. The first-order valence-electron chi connectivity index (χ1n) is 5.61. The Morgan fingerprint density at radius 3 is 2.72 bits per heavy atom. The van der Waals surface area contributed by atoms with Crippen LogP contribution in [0.15, 0.2) is 16.5 Å². The molecule has 1 rings (SSSR count). The van der Waals surface area contributed by atoms with Crippen LogP contribution >= 0.6 is 0 Å². The van der Waals surface area contributed by atoms with Crippen molar-refractivity contribution in [3.63, 3.8) is 0 Å². The van der Waals surface area contributed by atoms with Gasteiger partial charge >= 0.3 is 5.88 Å². The maximum Gasteiger partial charge on any atom is 0.433 e. The van der Waals surface area contributed by atoms with Gasteiger partial charge < -0.3 is 19.7 Å². The van der Waals surface area contributed by atoms with Crippen LogP contribution in [0.1, 0.15) is 12.7 Å². The van der Waals surface area contributed by atoms with Gasteiger partial charge in [0, 0.05) is 13.1 Å². The van der Waals surface area contributed by atoms with E-state index in [1.807, 2.05) is 19.0 Å². The van der Waals surface area contributed by atoms with Crippen molar-refractivity contribution in [2.75, 3.05) is 27.2 Å². The second kappa shape index (κ2) is 5.94. The fourth-order valence-corrected chi connectivity index (χ4v) is 1.75. The van der Waals surface area contributed by atoms with E-state index in [0.29, 0.717) is 25.4 Å². The lowest BCUT2D eigenvalue weighted by Crippen LogP contribution is -2.45. The Balaban J connectivity index is 2.39. The maximum atomic E-state index is 10.4. The fraction of sp³-hybridized carbons (Fsp3) is 0.636. The molecule has 18 heavy (non-hydrogen) atoms. The maximum absolute atomic E-state index is 10.4. The van der Waals surface area contributed by atoms with Crippen LogP contribution in [0.3, 0.4) is 0 Å². The Morgan fingerprint density at radius 2 is 2.22 bits per heavy atom. The van der Waals surface area contributed by atoms with Crippen LogP contribution in [-0.4, -0.2) is 47.7 Å². The van der Waals surface area contributed by atoms with Gasteiger partial charge in [0.25, 0.3) is 0 Å². The molecule has 2 N–H and O–H groups in total. The van der Waals surface area contributed by atoms with Crippen LogP contribution in [0.4, 0.5) is 5.88 Å². The van der Waals surface area contributed by atoms with E-state index in [4.69, 9.17) is 4.42 Å². The average Bonchev–Trinajstić information content (AvgIpc) is 2.63. The molecule has 1 unspecified atom stereocenters. The van der Waals surface area contributed by atoms with E-state index in [0.717, 1.165) is 0 Å². The Bertz CT molecular complexity index is 401. The molecule has 1 atom stereocenters. The van der Waals surface area contributed by atoms with E-state index in [1.165, 1.54) is 6.07 Å². The second-order valence-electron chi connectivity index (χ2n) is 4.84. The molecule has 0 bridgehead atoms. The Hall–Kier alpha value is -1.44. The lowest BCUT2D eigenvalue weighted by Gasteiger charge is -2.26. The summed E-state index contributed by atoms with van der Waals surface area (Å²) in [7, 11) is 3.76. The SMILES string of the molecule is CN(C)CC(C)(O)CNCc1ccc([N+](=O)[O-])o1. The van der Waals surface area contributed by atoms with Crippen LogP contribution in [0, 0.1) is 10.1 Å². The molecule has 0 saturated carbocycles. The van der Waals surface area contributed by atoms with Crippen LogP contribution in [0.5, 0.6) is 0 Å². The number of nitrogens with zero attached hydrogens (tertiary/aromatic N) is 2. The molecule has 7 nitrogen and oxygen atoms in total. The predicted molar refractivity (Wildman–Crippen MR) is 66.2 cm³/mol. The normalized spacial score (nSPS) is 14.7. The van der Waals surface area contributed by atoms with Crippen molar-refractivity contribution in [3.8, 4) is 0 Å². The molecule has 0 saturated heterocycles. The van der Waals surface area contributed by atoms with Gasteiger partial charge in [-0.2, -0.15) is 0 Å². The van der Waals surface area contributed by atoms with E-state index in [9.17, 15) is 15.2 Å². The standard InChI is InChI=1S/C11H19N3O4/c1-11(15,8-13(2)3)7-12-6-9-4-5-10(18-9)14(16)17/h4-5,12,15H,6-8H2,1-3H3. The topological polar surface area (TPSA) is 91.8 Å². The zero-order chi connectivity index (χ0) is 13.8. The van der Waals surface area contributed by atoms with Crippen LogP contribution in [0.25, 0.3) is 0 Å². The molecule has 1 heterocycles. The van der Waals surface area contributed by atoms with E-state index in [-0.39, 0.29) is 5.88 Å². The fourth-order valence-electron chi connectivity index (χ4n) is 1.75. The number of hydrogen-bond donors (Lipinski definition) is 2. The largest absolute Gasteiger partial charge is 0.433 e. The third-order valence-electron chi connectivity index (χ3n) is 2.29. The molecule has 0 aliphatic heterocycles. The van der Waals surface area contributed by atoms with E-state index >= 15 is 0 Å². The minimum Gasteiger partial charge on any atom is -0.404 e. The van der Waals surface area contributed by atoms with Gasteiger partial charge in [-0.25, -0.2) is 0 Å². The summed E-state index contributed by atoms with van der Waals surface area (Å²) >= 11 is 0. The van der Waals surface area contributed by atoms with E-state index in [2.05, 4.69) is 5.32 Å². The molecule has 0 aromatic carbocycles. The van der Waals surface area contributed by atoms with Gasteiger partial charge in [-0.15, -0.1) is 0 Å². The van der Waals surface area contributed by atoms with Gasteiger partial charge in [-0.1, -0.05) is 0 Å². The summed E-state index contributed by atoms with van der Waals surface area (Å²) in [5.41, 5.74) is -0.859. The molecule has 1 aromatic heterocycles. The molecule has 7 heteroatoms. The molecule has 0 fully saturated rings. The van der Waals surface area contributed by atoms with Crippen molar-refractivity contribution in [2.45, 2.75) is 19.1 Å². The highest BCUT2D eigenvalue weighted by molar-refractivity contribution is 5.17. The van der Waals surface area contributed by atoms with Crippen LogP contribution in [0.2, 0.25) is 0 Å². The summed E-state index contributed by atoms with van der Waals surface area (Å²) in [5, 5.41) is 23.4. The first-order valence-corrected chi connectivity index (χ1v) is 5.61. The number of nitrogens with one attached hydrogen (secondary N) is 1. The molecular weight excluding hydrogens is 238 g/mol. The predicted octanol–water partition coefficient (Wildman–Crippen LogP) is 0.590. The highest BCUT2D eigenvalue weighted by atomic mass is 16.6. The smallest absolute Gasteiger partial charge is 0.404 e. The number of nitro groups is 1. The van der Waals surface area contributed by atoms with Crippen LogP contribution in [-0.2, 0) is 6.54 Å². The third kappa shape index (κ3) is 4.82.